The number of rotatable bonds is 9. The second kappa shape index (κ2) is 12.4. The van der Waals surface area contributed by atoms with E-state index in [9.17, 15) is 8.42 Å². The highest BCUT2D eigenvalue weighted by Crippen LogP contribution is 2.16. The summed E-state index contributed by atoms with van der Waals surface area (Å²) >= 11 is 0. The van der Waals surface area contributed by atoms with E-state index in [1.807, 2.05) is 26.0 Å². The minimum absolute atomic E-state index is 0. The summed E-state index contributed by atoms with van der Waals surface area (Å²) in [5, 5.41) is 6.20. The van der Waals surface area contributed by atoms with Gasteiger partial charge in [0.2, 0.25) is 10.0 Å². The SMILES string of the molecule is CCNC(=NCCNS(=O)(=O)c1cc(C)ccc1C)NCCOC.I. The standard InChI is InChI=1S/C16H28N4O3S.HI/c1-5-17-16(19-10-11-23-4)18-8-9-20-24(21,22)15-12-13(2)6-7-14(15)3;/h6-7,12,20H,5,8-11H2,1-4H3,(H2,17,18,19);1H. The quantitative estimate of drug-likeness (QED) is 0.213. The van der Waals surface area contributed by atoms with E-state index >= 15 is 0 Å². The van der Waals surface area contributed by atoms with E-state index in [0.29, 0.717) is 30.6 Å². The average molecular weight is 484 g/mol. The van der Waals surface area contributed by atoms with Crippen molar-refractivity contribution in [2.75, 3.05) is 39.9 Å². The van der Waals surface area contributed by atoms with Gasteiger partial charge in [0, 0.05) is 26.7 Å². The molecule has 0 aliphatic carbocycles. The molecular formula is C16H29IN4O3S. The molecule has 0 atom stereocenters. The fourth-order valence-electron chi connectivity index (χ4n) is 2.04. The smallest absolute Gasteiger partial charge is 0.240 e. The molecule has 1 rings (SSSR count). The number of hydrogen-bond acceptors (Lipinski definition) is 4. The van der Waals surface area contributed by atoms with Crippen LogP contribution in [0.15, 0.2) is 28.1 Å². The summed E-state index contributed by atoms with van der Waals surface area (Å²) in [6.07, 6.45) is 0. The number of methoxy groups -OCH3 is 1. The van der Waals surface area contributed by atoms with Gasteiger partial charge in [-0.15, -0.1) is 24.0 Å². The first-order chi connectivity index (χ1) is 11.4. The van der Waals surface area contributed by atoms with Crippen molar-refractivity contribution in [2.24, 2.45) is 4.99 Å². The average Bonchev–Trinajstić information content (AvgIpc) is 2.54. The van der Waals surface area contributed by atoms with Crippen LogP contribution in [0.3, 0.4) is 0 Å². The zero-order chi connectivity index (χ0) is 18.0. The highest BCUT2D eigenvalue weighted by molar-refractivity contribution is 14.0. The number of guanidine groups is 1. The number of ether oxygens (including phenoxy) is 1. The Kier molecular flexibility index (Phi) is 12.0. The first-order valence-corrected chi connectivity index (χ1v) is 9.47. The third-order valence-electron chi connectivity index (χ3n) is 3.25. The third kappa shape index (κ3) is 8.84. The van der Waals surface area contributed by atoms with Gasteiger partial charge in [-0.1, -0.05) is 12.1 Å². The van der Waals surface area contributed by atoms with Crippen LogP contribution in [0, 0.1) is 13.8 Å². The first-order valence-electron chi connectivity index (χ1n) is 7.98. The summed E-state index contributed by atoms with van der Waals surface area (Å²) in [6.45, 7) is 8.14. The van der Waals surface area contributed by atoms with Gasteiger partial charge in [-0.3, -0.25) is 4.99 Å². The third-order valence-corrected chi connectivity index (χ3v) is 4.85. The predicted octanol–water partition coefficient (Wildman–Crippen LogP) is 1.40. The molecule has 0 unspecified atom stereocenters. The summed E-state index contributed by atoms with van der Waals surface area (Å²) in [4.78, 5) is 4.65. The van der Waals surface area contributed by atoms with Gasteiger partial charge in [0.1, 0.15) is 0 Å². The molecular weight excluding hydrogens is 455 g/mol. The maximum atomic E-state index is 12.4. The van der Waals surface area contributed by atoms with Gasteiger partial charge in [-0.25, -0.2) is 13.1 Å². The summed E-state index contributed by atoms with van der Waals surface area (Å²) < 4.78 is 32.3. The molecule has 0 fully saturated rings. The highest BCUT2D eigenvalue weighted by Gasteiger charge is 2.16. The van der Waals surface area contributed by atoms with Crippen LogP contribution >= 0.6 is 24.0 Å². The van der Waals surface area contributed by atoms with Crippen LogP contribution < -0.4 is 15.4 Å². The number of sulfonamides is 1. The van der Waals surface area contributed by atoms with E-state index in [4.69, 9.17) is 4.74 Å². The Morgan fingerprint density at radius 3 is 2.56 bits per heavy atom. The molecule has 3 N–H and O–H groups in total. The number of aryl methyl sites for hydroxylation is 2. The summed E-state index contributed by atoms with van der Waals surface area (Å²) in [6, 6.07) is 5.38. The first kappa shape index (κ1) is 24.1. The molecule has 0 spiro atoms. The molecule has 0 aromatic heterocycles. The van der Waals surface area contributed by atoms with Gasteiger partial charge in [0.05, 0.1) is 18.0 Å². The van der Waals surface area contributed by atoms with Crippen molar-refractivity contribution in [1.29, 1.82) is 0 Å². The van der Waals surface area contributed by atoms with Gasteiger partial charge in [0.25, 0.3) is 0 Å². The van der Waals surface area contributed by atoms with Crippen LogP contribution in [0.5, 0.6) is 0 Å². The second-order valence-electron chi connectivity index (χ2n) is 5.35. The van der Waals surface area contributed by atoms with Crippen molar-refractivity contribution < 1.29 is 13.2 Å². The fourth-order valence-corrected chi connectivity index (χ4v) is 3.38. The summed E-state index contributed by atoms with van der Waals surface area (Å²) in [5.41, 5.74) is 1.64. The maximum absolute atomic E-state index is 12.4. The number of nitrogens with one attached hydrogen (secondary N) is 3. The Morgan fingerprint density at radius 2 is 1.92 bits per heavy atom. The second-order valence-corrected chi connectivity index (χ2v) is 7.08. The van der Waals surface area contributed by atoms with Crippen molar-refractivity contribution in [2.45, 2.75) is 25.7 Å². The lowest BCUT2D eigenvalue weighted by molar-refractivity contribution is 0.203. The van der Waals surface area contributed by atoms with Crippen LogP contribution in [0.2, 0.25) is 0 Å². The van der Waals surface area contributed by atoms with Crippen molar-refractivity contribution >= 4 is 40.0 Å². The van der Waals surface area contributed by atoms with E-state index in [0.717, 1.165) is 17.7 Å². The van der Waals surface area contributed by atoms with Gasteiger partial charge in [-0.05, 0) is 38.0 Å². The lowest BCUT2D eigenvalue weighted by Gasteiger charge is -2.12. The van der Waals surface area contributed by atoms with Gasteiger partial charge in [0.15, 0.2) is 5.96 Å². The van der Waals surface area contributed by atoms with Gasteiger partial charge in [-0.2, -0.15) is 0 Å². The zero-order valence-corrected chi connectivity index (χ0v) is 18.4. The molecule has 25 heavy (non-hydrogen) atoms. The molecule has 0 amide bonds. The van der Waals surface area contributed by atoms with E-state index in [1.54, 1.807) is 20.1 Å². The van der Waals surface area contributed by atoms with Crippen LogP contribution in [0.25, 0.3) is 0 Å². The molecule has 0 saturated carbocycles. The van der Waals surface area contributed by atoms with Crippen molar-refractivity contribution in [3.63, 3.8) is 0 Å². The van der Waals surface area contributed by atoms with Crippen molar-refractivity contribution in [3.05, 3.63) is 29.3 Å². The topological polar surface area (TPSA) is 91.8 Å². The molecule has 0 bridgehead atoms. The molecule has 0 saturated heterocycles. The fraction of sp³-hybridized carbons (Fsp3) is 0.562. The number of hydrogen-bond donors (Lipinski definition) is 3. The number of halogens is 1. The Hall–Kier alpha value is -0.910. The van der Waals surface area contributed by atoms with E-state index in [1.165, 1.54) is 0 Å². The Morgan fingerprint density at radius 1 is 1.20 bits per heavy atom. The molecule has 0 aliphatic rings. The molecule has 1 aromatic rings. The Labute approximate surface area is 168 Å². The summed E-state index contributed by atoms with van der Waals surface area (Å²) in [5.74, 6) is 0.639. The largest absolute Gasteiger partial charge is 0.383 e. The van der Waals surface area contributed by atoms with Gasteiger partial charge >= 0.3 is 0 Å². The zero-order valence-electron chi connectivity index (χ0n) is 15.3. The molecule has 0 aliphatic heterocycles. The van der Waals surface area contributed by atoms with Crippen LogP contribution in [0.1, 0.15) is 18.1 Å². The highest BCUT2D eigenvalue weighted by atomic mass is 127. The molecule has 0 radical (unpaired) electrons. The number of nitrogens with zero attached hydrogens (tertiary/aromatic N) is 1. The summed E-state index contributed by atoms with van der Waals surface area (Å²) in [7, 11) is -1.89. The van der Waals surface area contributed by atoms with Crippen LogP contribution in [-0.2, 0) is 14.8 Å². The maximum Gasteiger partial charge on any atom is 0.240 e. The molecule has 0 heterocycles. The monoisotopic (exact) mass is 484 g/mol. The molecule has 144 valence electrons. The molecule has 1 aromatic carbocycles. The molecule has 7 nitrogen and oxygen atoms in total. The lowest BCUT2D eigenvalue weighted by atomic mass is 10.2. The van der Waals surface area contributed by atoms with E-state index < -0.39 is 10.0 Å². The van der Waals surface area contributed by atoms with Crippen molar-refractivity contribution in [1.82, 2.24) is 15.4 Å². The minimum Gasteiger partial charge on any atom is -0.383 e. The Bertz CT molecular complexity index is 651. The van der Waals surface area contributed by atoms with Crippen LogP contribution in [0.4, 0.5) is 0 Å². The van der Waals surface area contributed by atoms with E-state index in [-0.39, 0.29) is 30.5 Å². The van der Waals surface area contributed by atoms with Crippen LogP contribution in [-0.4, -0.2) is 54.3 Å². The predicted molar refractivity (Wildman–Crippen MR) is 112 cm³/mol. The van der Waals surface area contributed by atoms with E-state index in [2.05, 4.69) is 20.3 Å². The number of aliphatic imine (C=N–C) groups is 1. The molecule has 9 heteroatoms. The number of benzene rings is 1. The minimum atomic E-state index is -3.52. The Balaban J connectivity index is 0.00000576. The van der Waals surface area contributed by atoms with Gasteiger partial charge < -0.3 is 15.4 Å². The lowest BCUT2D eigenvalue weighted by Crippen LogP contribution is -2.39. The normalized spacial score (nSPS) is 11.8. The van der Waals surface area contributed by atoms with Crippen molar-refractivity contribution in [3.8, 4) is 0 Å².